The lowest BCUT2D eigenvalue weighted by Crippen LogP contribution is -2.43. The highest BCUT2D eigenvalue weighted by Crippen LogP contribution is 2.29. The van der Waals surface area contributed by atoms with E-state index in [9.17, 15) is 12.8 Å². The van der Waals surface area contributed by atoms with Crippen LogP contribution in [-0.2, 0) is 14.8 Å². The van der Waals surface area contributed by atoms with Gasteiger partial charge in [0.2, 0.25) is 10.0 Å². The Morgan fingerprint density at radius 3 is 2.41 bits per heavy atom. The van der Waals surface area contributed by atoms with E-state index in [1.165, 1.54) is 32.4 Å². The first-order chi connectivity index (χ1) is 13.9. The van der Waals surface area contributed by atoms with Gasteiger partial charge in [-0.2, -0.15) is 0 Å². The van der Waals surface area contributed by atoms with Gasteiger partial charge in [-0.15, -0.1) is 0 Å². The Morgan fingerprint density at radius 1 is 1.10 bits per heavy atom. The van der Waals surface area contributed by atoms with Crippen LogP contribution >= 0.6 is 0 Å². The van der Waals surface area contributed by atoms with Gasteiger partial charge in [0.05, 0.1) is 27.4 Å². The van der Waals surface area contributed by atoms with E-state index >= 15 is 0 Å². The number of sulfonamides is 1. The van der Waals surface area contributed by atoms with Crippen LogP contribution in [0, 0.1) is 5.82 Å². The van der Waals surface area contributed by atoms with Crippen molar-refractivity contribution in [1.82, 2.24) is 9.62 Å². The van der Waals surface area contributed by atoms with Gasteiger partial charge >= 0.3 is 0 Å². The van der Waals surface area contributed by atoms with Gasteiger partial charge in [-0.05, 0) is 29.8 Å². The Labute approximate surface area is 170 Å². The zero-order chi connectivity index (χ0) is 20.9. The van der Waals surface area contributed by atoms with Gasteiger partial charge < -0.3 is 14.2 Å². The molecule has 1 fully saturated rings. The van der Waals surface area contributed by atoms with Gasteiger partial charge in [0.15, 0.2) is 0 Å². The number of methoxy groups -OCH3 is 2. The van der Waals surface area contributed by atoms with E-state index in [4.69, 9.17) is 14.2 Å². The third-order valence-corrected chi connectivity index (χ3v) is 6.31. The summed E-state index contributed by atoms with van der Waals surface area (Å²) in [6.45, 7) is 2.56. The molecule has 1 aliphatic rings. The van der Waals surface area contributed by atoms with Crippen LogP contribution in [0.3, 0.4) is 0 Å². The molecule has 158 valence electrons. The highest BCUT2D eigenvalue weighted by molar-refractivity contribution is 7.89. The summed E-state index contributed by atoms with van der Waals surface area (Å²) >= 11 is 0. The zero-order valence-corrected chi connectivity index (χ0v) is 17.2. The molecule has 0 saturated carbocycles. The van der Waals surface area contributed by atoms with Crippen molar-refractivity contribution in [3.63, 3.8) is 0 Å². The molecule has 9 heteroatoms. The van der Waals surface area contributed by atoms with E-state index in [1.807, 2.05) is 0 Å². The second-order valence-electron chi connectivity index (χ2n) is 6.58. The first kappa shape index (κ1) is 21.5. The molecule has 3 rings (SSSR count). The van der Waals surface area contributed by atoms with Crippen molar-refractivity contribution in [3.05, 3.63) is 53.8 Å². The number of hydrogen-bond donors (Lipinski definition) is 1. The monoisotopic (exact) mass is 424 g/mol. The summed E-state index contributed by atoms with van der Waals surface area (Å²) < 4.78 is 57.8. The van der Waals surface area contributed by atoms with Crippen LogP contribution in [-0.4, -0.2) is 60.4 Å². The number of morpholine rings is 1. The number of rotatable bonds is 8. The van der Waals surface area contributed by atoms with Crippen molar-refractivity contribution in [3.8, 4) is 11.5 Å². The minimum absolute atomic E-state index is 0.000756. The van der Waals surface area contributed by atoms with E-state index in [-0.39, 0.29) is 29.0 Å². The van der Waals surface area contributed by atoms with Gasteiger partial charge in [0.1, 0.15) is 22.2 Å². The number of benzene rings is 2. The molecule has 0 radical (unpaired) electrons. The molecule has 1 heterocycles. The quantitative estimate of drug-likeness (QED) is 0.700. The Hall–Kier alpha value is -2.20. The summed E-state index contributed by atoms with van der Waals surface area (Å²) in [6, 6.07) is 10.4. The second-order valence-corrected chi connectivity index (χ2v) is 8.32. The molecule has 1 saturated heterocycles. The van der Waals surface area contributed by atoms with Gasteiger partial charge in [0, 0.05) is 31.7 Å². The minimum atomic E-state index is -3.87. The summed E-state index contributed by atoms with van der Waals surface area (Å²) in [7, 11) is -0.993. The fourth-order valence-corrected chi connectivity index (χ4v) is 4.51. The molecule has 2 aromatic rings. The third kappa shape index (κ3) is 5.24. The number of hydrogen-bond acceptors (Lipinski definition) is 6. The maximum atomic E-state index is 13.4. The molecule has 0 amide bonds. The van der Waals surface area contributed by atoms with E-state index in [0.717, 1.165) is 5.56 Å². The third-order valence-electron chi connectivity index (χ3n) is 4.87. The molecule has 1 aliphatic heterocycles. The molecule has 0 bridgehead atoms. The molecule has 1 N–H and O–H groups in total. The maximum absolute atomic E-state index is 13.4. The lowest BCUT2D eigenvalue weighted by atomic mass is 10.0. The van der Waals surface area contributed by atoms with Gasteiger partial charge in [-0.25, -0.2) is 17.5 Å². The largest absolute Gasteiger partial charge is 0.497 e. The lowest BCUT2D eigenvalue weighted by molar-refractivity contribution is 0.0172. The summed E-state index contributed by atoms with van der Waals surface area (Å²) in [5, 5.41) is 0. The van der Waals surface area contributed by atoms with E-state index in [0.29, 0.717) is 32.1 Å². The van der Waals surface area contributed by atoms with Crippen LogP contribution in [0.2, 0.25) is 0 Å². The molecule has 0 aliphatic carbocycles. The smallest absolute Gasteiger partial charge is 0.244 e. The highest BCUT2D eigenvalue weighted by Gasteiger charge is 2.27. The zero-order valence-electron chi connectivity index (χ0n) is 16.4. The van der Waals surface area contributed by atoms with E-state index in [2.05, 4.69) is 9.62 Å². The molecule has 0 unspecified atom stereocenters. The molecule has 1 atom stereocenters. The fourth-order valence-electron chi connectivity index (χ4n) is 3.29. The second kappa shape index (κ2) is 9.53. The number of ether oxygens (including phenoxy) is 3. The van der Waals surface area contributed by atoms with Crippen LogP contribution in [0.15, 0.2) is 47.4 Å². The van der Waals surface area contributed by atoms with Crippen LogP contribution in [0.4, 0.5) is 4.39 Å². The van der Waals surface area contributed by atoms with Crippen LogP contribution in [0.1, 0.15) is 11.6 Å². The van der Waals surface area contributed by atoms with Crippen LogP contribution in [0.25, 0.3) is 0 Å². The average molecular weight is 424 g/mol. The SMILES string of the molecule is COc1ccc(OC)c(S(=O)(=O)NC[C@@H](c2ccc(F)cc2)N2CCOCC2)c1. The molecule has 7 nitrogen and oxygen atoms in total. The fraction of sp³-hybridized carbons (Fsp3) is 0.400. The summed E-state index contributed by atoms with van der Waals surface area (Å²) in [5.41, 5.74) is 0.827. The highest BCUT2D eigenvalue weighted by atomic mass is 32.2. The number of nitrogens with one attached hydrogen (secondary N) is 1. The van der Waals surface area contributed by atoms with Gasteiger partial charge in [-0.1, -0.05) is 12.1 Å². The lowest BCUT2D eigenvalue weighted by Gasteiger charge is -2.35. The van der Waals surface area contributed by atoms with Crippen molar-refractivity contribution >= 4 is 10.0 Å². The average Bonchev–Trinajstić information content (AvgIpc) is 2.75. The standard InChI is InChI=1S/C20H25FN2O5S/c1-26-17-7-8-19(27-2)20(13-17)29(24,25)22-14-18(23-9-11-28-12-10-23)15-3-5-16(21)6-4-15/h3-8,13,18,22H,9-12,14H2,1-2H3/t18-/m0/s1. The Morgan fingerprint density at radius 2 is 1.79 bits per heavy atom. The van der Waals surface area contributed by atoms with E-state index < -0.39 is 10.0 Å². The normalized spacial score (nSPS) is 16.4. The molecule has 0 aromatic heterocycles. The summed E-state index contributed by atoms with van der Waals surface area (Å²) in [6.07, 6.45) is 0. The Bertz CT molecular complexity index is 915. The molecule has 29 heavy (non-hydrogen) atoms. The summed E-state index contributed by atoms with van der Waals surface area (Å²) in [5.74, 6) is 0.300. The van der Waals surface area contributed by atoms with Crippen LogP contribution in [0.5, 0.6) is 11.5 Å². The molecular formula is C20H25FN2O5S. The molecule has 0 spiro atoms. The number of halogens is 1. The first-order valence-corrected chi connectivity index (χ1v) is 10.7. The minimum Gasteiger partial charge on any atom is -0.497 e. The predicted molar refractivity (Wildman–Crippen MR) is 106 cm³/mol. The molecule has 2 aromatic carbocycles. The Balaban J connectivity index is 1.85. The van der Waals surface area contributed by atoms with Gasteiger partial charge in [0.25, 0.3) is 0 Å². The number of nitrogens with zero attached hydrogens (tertiary/aromatic N) is 1. The predicted octanol–water partition coefficient (Wildman–Crippen LogP) is 2.19. The van der Waals surface area contributed by atoms with Crippen LogP contribution < -0.4 is 14.2 Å². The van der Waals surface area contributed by atoms with Crippen molar-refractivity contribution in [1.29, 1.82) is 0 Å². The van der Waals surface area contributed by atoms with E-state index in [1.54, 1.807) is 24.3 Å². The van der Waals surface area contributed by atoms with Crippen molar-refractivity contribution < 1.29 is 27.0 Å². The van der Waals surface area contributed by atoms with Crippen molar-refractivity contribution in [2.24, 2.45) is 0 Å². The molecular weight excluding hydrogens is 399 g/mol. The Kier molecular flexibility index (Phi) is 7.07. The summed E-state index contributed by atoms with van der Waals surface area (Å²) in [4.78, 5) is 2.13. The maximum Gasteiger partial charge on any atom is 0.244 e. The van der Waals surface area contributed by atoms with Gasteiger partial charge in [-0.3, -0.25) is 4.90 Å². The van der Waals surface area contributed by atoms with Crippen molar-refractivity contribution in [2.45, 2.75) is 10.9 Å². The topological polar surface area (TPSA) is 77.1 Å². The first-order valence-electron chi connectivity index (χ1n) is 9.23. The van der Waals surface area contributed by atoms with Crippen molar-refractivity contribution in [2.75, 3.05) is 47.1 Å².